The summed E-state index contributed by atoms with van der Waals surface area (Å²) in [6.45, 7) is 3.43. The third-order valence-electron chi connectivity index (χ3n) is 1.67. The molecule has 0 aliphatic heterocycles. The molecule has 1 unspecified atom stereocenters. The minimum absolute atomic E-state index is 0.778. The van der Waals surface area contributed by atoms with E-state index in [1.807, 2.05) is 0 Å². The third kappa shape index (κ3) is 6.37. The molecular weight excluding hydrogens is 146 g/mol. The maximum atomic E-state index is 5.60. The van der Waals surface area contributed by atoms with Crippen molar-refractivity contribution in [3.63, 3.8) is 0 Å². The lowest BCUT2D eigenvalue weighted by Gasteiger charge is -2.13. The van der Waals surface area contributed by atoms with Crippen molar-refractivity contribution in [2.24, 2.45) is 5.92 Å². The molecule has 0 aromatic carbocycles. The van der Waals surface area contributed by atoms with Gasteiger partial charge in [-0.2, -0.15) is 0 Å². The summed E-state index contributed by atoms with van der Waals surface area (Å²) in [6, 6.07) is 0. The molecule has 0 aliphatic rings. The van der Waals surface area contributed by atoms with E-state index in [1.54, 1.807) is 0 Å². The predicted octanol–water partition coefficient (Wildman–Crippen LogP) is 2.20. The van der Waals surface area contributed by atoms with Gasteiger partial charge in [-0.05, 0) is 39.4 Å². The fourth-order valence-electron chi connectivity index (χ4n) is 0.809. The van der Waals surface area contributed by atoms with Gasteiger partial charge in [0.05, 0.1) is 0 Å². The molecule has 0 N–H and O–H groups in total. The first-order chi connectivity index (χ1) is 4.66. The van der Waals surface area contributed by atoms with Crippen molar-refractivity contribution >= 4 is 11.6 Å². The summed E-state index contributed by atoms with van der Waals surface area (Å²) in [5.74, 6) is 1.58. The van der Waals surface area contributed by atoms with Crippen LogP contribution in [-0.2, 0) is 0 Å². The second-order valence-corrected chi connectivity index (χ2v) is 3.55. The van der Waals surface area contributed by atoms with Crippen LogP contribution >= 0.6 is 11.6 Å². The maximum absolute atomic E-state index is 5.60. The summed E-state index contributed by atoms with van der Waals surface area (Å²) in [4.78, 5) is 2.21. The van der Waals surface area contributed by atoms with E-state index in [4.69, 9.17) is 11.6 Å². The number of nitrogens with zero attached hydrogens (tertiary/aromatic N) is 1. The summed E-state index contributed by atoms with van der Waals surface area (Å²) >= 11 is 5.60. The lowest BCUT2D eigenvalue weighted by molar-refractivity contribution is 0.357. The Morgan fingerprint density at radius 2 is 1.90 bits per heavy atom. The maximum Gasteiger partial charge on any atom is 0.0225 e. The lowest BCUT2D eigenvalue weighted by Crippen LogP contribution is -2.15. The van der Waals surface area contributed by atoms with Gasteiger partial charge >= 0.3 is 0 Å². The van der Waals surface area contributed by atoms with E-state index < -0.39 is 0 Å². The highest BCUT2D eigenvalue weighted by molar-refractivity contribution is 6.17. The number of rotatable bonds is 5. The molecule has 0 bridgehead atoms. The number of hydrogen-bond acceptors (Lipinski definition) is 1. The third-order valence-corrected chi connectivity index (χ3v) is 1.89. The minimum atomic E-state index is 0.778. The van der Waals surface area contributed by atoms with Crippen molar-refractivity contribution in [2.75, 3.05) is 26.5 Å². The molecule has 0 saturated carbocycles. The van der Waals surface area contributed by atoms with E-state index in [2.05, 4.69) is 25.9 Å². The van der Waals surface area contributed by atoms with Gasteiger partial charge < -0.3 is 4.90 Å². The molecule has 0 heterocycles. The van der Waals surface area contributed by atoms with E-state index in [1.165, 1.54) is 13.0 Å². The first-order valence-electron chi connectivity index (χ1n) is 3.87. The first-order valence-corrected chi connectivity index (χ1v) is 4.41. The fourth-order valence-corrected chi connectivity index (χ4v) is 1.18. The van der Waals surface area contributed by atoms with Crippen molar-refractivity contribution in [1.82, 2.24) is 4.90 Å². The zero-order chi connectivity index (χ0) is 7.98. The van der Waals surface area contributed by atoms with Gasteiger partial charge in [0.1, 0.15) is 0 Å². The van der Waals surface area contributed by atoms with Crippen LogP contribution in [0.2, 0.25) is 0 Å². The van der Waals surface area contributed by atoms with E-state index in [-0.39, 0.29) is 0 Å². The normalized spacial score (nSPS) is 14.1. The Morgan fingerprint density at radius 3 is 2.30 bits per heavy atom. The Hall–Kier alpha value is 0.250. The molecule has 0 aromatic heterocycles. The zero-order valence-electron chi connectivity index (χ0n) is 7.23. The van der Waals surface area contributed by atoms with E-state index in [0.717, 1.165) is 18.2 Å². The number of alkyl halides is 1. The van der Waals surface area contributed by atoms with Crippen LogP contribution in [0.15, 0.2) is 0 Å². The summed E-state index contributed by atoms with van der Waals surface area (Å²) in [5, 5.41) is 0. The Bertz CT molecular complexity index is 73.7. The Morgan fingerprint density at radius 1 is 1.30 bits per heavy atom. The van der Waals surface area contributed by atoms with Gasteiger partial charge in [-0.3, -0.25) is 0 Å². The average Bonchev–Trinajstić information content (AvgIpc) is 1.85. The zero-order valence-corrected chi connectivity index (χ0v) is 7.99. The quantitative estimate of drug-likeness (QED) is 0.562. The van der Waals surface area contributed by atoms with Crippen LogP contribution in [0.1, 0.15) is 19.8 Å². The highest BCUT2D eigenvalue weighted by atomic mass is 35.5. The Balaban J connectivity index is 3.12. The molecule has 0 rings (SSSR count). The highest BCUT2D eigenvalue weighted by Crippen LogP contribution is 2.07. The molecule has 62 valence electrons. The van der Waals surface area contributed by atoms with Crippen molar-refractivity contribution < 1.29 is 0 Å². The summed E-state index contributed by atoms with van der Waals surface area (Å²) in [6.07, 6.45) is 2.41. The van der Waals surface area contributed by atoms with Gasteiger partial charge in [-0.15, -0.1) is 11.6 Å². The minimum Gasteiger partial charge on any atom is -0.309 e. The van der Waals surface area contributed by atoms with Gasteiger partial charge in [0, 0.05) is 5.88 Å². The number of hydrogen-bond donors (Lipinski definition) is 0. The van der Waals surface area contributed by atoms with Crippen molar-refractivity contribution in [3.8, 4) is 0 Å². The van der Waals surface area contributed by atoms with Crippen LogP contribution in [0, 0.1) is 5.92 Å². The summed E-state index contributed by atoms with van der Waals surface area (Å²) in [5.41, 5.74) is 0. The molecule has 0 aromatic rings. The molecule has 0 amide bonds. The largest absolute Gasteiger partial charge is 0.309 e. The van der Waals surface area contributed by atoms with Crippen LogP contribution in [0.25, 0.3) is 0 Å². The van der Waals surface area contributed by atoms with Crippen molar-refractivity contribution in [2.45, 2.75) is 19.8 Å². The van der Waals surface area contributed by atoms with E-state index in [0.29, 0.717) is 0 Å². The smallest absolute Gasteiger partial charge is 0.0225 e. The van der Waals surface area contributed by atoms with Crippen LogP contribution in [0.3, 0.4) is 0 Å². The number of halogens is 1. The monoisotopic (exact) mass is 163 g/mol. The van der Waals surface area contributed by atoms with Crippen LogP contribution in [0.4, 0.5) is 0 Å². The molecule has 0 radical (unpaired) electrons. The first kappa shape index (κ1) is 10.2. The van der Waals surface area contributed by atoms with Gasteiger partial charge in [0.15, 0.2) is 0 Å². The molecule has 0 saturated heterocycles. The molecular formula is C8H18ClN. The second kappa shape index (κ2) is 5.99. The van der Waals surface area contributed by atoms with Gasteiger partial charge in [0.2, 0.25) is 0 Å². The van der Waals surface area contributed by atoms with Crippen LogP contribution in [0.5, 0.6) is 0 Å². The standard InChI is InChI=1S/C8H18ClN/c1-8(4-6-9)5-7-10(2)3/h8H,4-7H2,1-3H3. The molecule has 0 fully saturated rings. The van der Waals surface area contributed by atoms with Crippen molar-refractivity contribution in [3.05, 3.63) is 0 Å². The van der Waals surface area contributed by atoms with Gasteiger partial charge in [-0.1, -0.05) is 6.92 Å². The van der Waals surface area contributed by atoms with E-state index in [9.17, 15) is 0 Å². The topological polar surface area (TPSA) is 3.24 Å². The lowest BCUT2D eigenvalue weighted by atomic mass is 10.1. The second-order valence-electron chi connectivity index (χ2n) is 3.17. The Kier molecular flexibility index (Phi) is 6.14. The average molecular weight is 164 g/mol. The highest BCUT2D eigenvalue weighted by Gasteiger charge is 2.00. The summed E-state index contributed by atoms with van der Waals surface area (Å²) < 4.78 is 0. The molecule has 10 heavy (non-hydrogen) atoms. The van der Waals surface area contributed by atoms with E-state index >= 15 is 0 Å². The molecule has 1 atom stereocenters. The van der Waals surface area contributed by atoms with Crippen molar-refractivity contribution in [1.29, 1.82) is 0 Å². The molecule has 0 aliphatic carbocycles. The SMILES string of the molecule is CC(CCCl)CCN(C)C. The molecule has 1 nitrogen and oxygen atoms in total. The predicted molar refractivity (Wildman–Crippen MR) is 47.7 cm³/mol. The van der Waals surface area contributed by atoms with Gasteiger partial charge in [0.25, 0.3) is 0 Å². The molecule has 0 spiro atoms. The van der Waals surface area contributed by atoms with Gasteiger partial charge in [-0.25, -0.2) is 0 Å². The molecule has 2 heteroatoms. The Labute approximate surface area is 69.4 Å². The summed E-state index contributed by atoms with van der Waals surface area (Å²) in [7, 11) is 4.21. The van der Waals surface area contributed by atoms with Crippen LogP contribution < -0.4 is 0 Å². The fraction of sp³-hybridized carbons (Fsp3) is 1.00. The van der Waals surface area contributed by atoms with Crippen LogP contribution in [-0.4, -0.2) is 31.4 Å².